The van der Waals surface area contributed by atoms with E-state index in [0.29, 0.717) is 19.3 Å². The maximum absolute atomic E-state index is 13.1. The van der Waals surface area contributed by atoms with Crippen molar-refractivity contribution in [3.63, 3.8) is 0 Å². The van der Waals surface area contributed by atoms with Crippen LogP contribution in [0.5, 0.6) is 0 Å². The summed E-state index contributed by atoms with van der Waals surface area (Å²) in [6.07, 6.45) is -3.02. The van der Waals surface area contributed by atoms with Crippen LogP contribution in [0.3, 0.4) is 0 Å². The van der Waals surface area contributed by atoms with Gasteiger partial charge in [-0.3, -0.25) is 9.59 Å². The van der Waals surface area contributed by atoms with Crippen LogP contribution in [0.4, 0.5) is 13.6 Å². The van der Waals surface area contributed by atoms with Gasteiger partial charge in [0.2, 0.25) is 5.91 Å². The molecule has 0 saturated heterocycles. The SMILES string of the molecule is O=C(O)CC(NC(=O)[C@@H]1CCC[C@@H]1NC(=O)OCC1c2ccccc2-c2ccccc21)C(F)F. The Morgan fingerprint density at radius 3 is 2.21 bits per heavy atom. The standard InChI is InChI=1S/C25H26F2N2O5/c26-23(27)21(12-22(30)31)28-24(32)18-10-5-11-20(18)29-25(33)34-13-19-16-8-3-1-6-14(16)15-7-2-4-9-17(15)19/h1-4,6-9,18-21,23H,5,10-13H2,(H,28,32)(H,29,33)(H,30,31)/t18-,20+,21?/m1/s1. The van der Waals surface area contributed by atoms with Crippen molar-refractivity contribution in [1.82, 2.24) is 10.6 Å². The molecule has 0 heterocycles. The monoisotopic (exact) mass is 472 g/mol. The average molecular weight is 472 g/mol. The van der Waals surface area contributed by atoms with Crippen LogP contribution in [-0.4, -0.2) is 48.2 Å². The molecule has 3 N–H and O–H groups in total. The van der Waals surface area contributed by atoms with Crippen molar-refractivity contribution in [2.45, 2.75) is 50.1 Å². The Kier molecular flexibility index (Phi) is 7.09. The van der Waals surface area contributed by atoms with Crippen LogP contribution in [0.15, 0.2) is 48.5 Å². The van der Waals surface area contributed by atoms with E-state index in [2.05, 4.69) is 10.6 Å². The molecule has 180 valence electrons. The molecule has 0 radical (unpaired) electrons. The first-order chi connectivity index (χ1) is 16.3. The van der Waals surface area contributed by atoms with Crippen LogP contribution in [-0.2, 0) is 14.3 Å². The molecular formula is C25H26F2N2O5. The number of carboxylic acid groups (broad SMARTS) is 1. The number of nitrogens with one attached hydrogen (secondary N) is 2. The molecular weight excluding hydrogens is 446 g/mol. The van der Waals surface area contributed by atoms with Gasteiger partial charge in [-0.05, 0) is 35.1 Å². The smallest absolute Gasteiger partial charge is 0.407 e. The minimum atomic E-state index is -3.00. The maximum atomic E-state index is 13.1. The quantitative estimate of drug-likeness (QED) is 0.540. The summed E-state index contributed by atoms with van der Waals surface area (Å²) in [5.41, 5.74) is 4.36. The summed E-state index contributed by atoms with van der Waals surface area (Å²) >= 11 is 0. The lowest BCUT2D eigenvalue weighted by Crippen LogP contribution is -2.49. The van der Waals surface area contributed by atoms with E-state index in [-0.39, 0.29) is 12.5 Å². The number of alkyl carbamates (subject to hydrolysis) is 1. The van der Waals surface area contributed by atoms with Gasteiger partial charge < -0.3 is 20.5 Å². The Morgan fingerprint density at radius 1 is 1.00 bits per heavy atom. The Bertz CT molecular complexity index is 1030. The highest BCUT2D eigenvalue weighted by atomic mass is 19.3. The third-order valence-electron chi connectivity index (χ3n) is 6.53. The van der Waals surface area contributed by atoms with Gasteiger partial charge in [-0.1, -0.05) is 55.0 Å². The highest BCUT2D eigenvalue weighted by Crippen LogP contribution is 2.44. The van der Waals surface area contributed by atoms with E-state index in [1.165, 1.54) is 0 Å². The van der Waals surface area contributed by atoms with E-state index in [4.69, 9.17) is 9.84 Å². The molecule has 0 aromatic heterocycles. The minimum Gasteiger partial charge on any atom is -0.481 e. The van der Waals surface area contributed by atoms with Crippen molar-refractivity contribution in [1.29, 1.82) is 0 Å². The molecule has 1 saturated carbocycles. The lowest BCUT2D eigenvalue weighted by molar-refractivity contribution is -0.139. The predicted octanol–water partition coefficient (Wildman–Crippen LogP) is 3.92. The predicted molar refractivity (Wildman–Crippen MR) is 120 cm³/mol. The molecule has 2 aromatic carbocycles. The first kappa shape index (κ1) is 23.7. The molecule has 0 bridgehead atoms. The van der Waals surface area contributed by atoms with Crippen LogP contribution in [0.25, 0.3) is 11.1 Å². The molecule has 2 aliphatic rings. The molecule has 9 heteroatoms. The van der Waals surface area contributed by atoms with E-state index in [9.17, 15) is 23.2 Å². The summed E-state index contributed by atoms with van der Waals surface area (Å²) in [7, 11) is 0. The van der Waals surface area contributed by atoms with E-state index in [0.717, 1.165) is 22.3 Å². The number of benzene rings is 2. The zero-order chi connectivity index (χ0) is 24.2. The van der Waals surface area contributed by atoms with Gasteiger partial charge in [0.1, 0.15) is 12.6 Å². The molecule has 1 unspecified atom stereocenters. The number of halogens is 2. The largest absolute Gasteiger partial charge is 0.481 e. The molecule has 2 aliphatic carbocycles. The van der Waals surface area contributed by atoms with E-state index >= 15 is 0 Å². The Balaban J connectivity index is 1.36. The lowest BCUT2D eigenvalue weighted by atomic mass is 9.98. The van der Waals surface area contributed by atoms with Gasteiger partial charge in [-0.2, -0.15) is 0 Å². The molecule has 2 aromatic rings. The average Bonchev–Trinajstić information content (AvgIpc) is 3.39. The summed E-state index contributed by atoms with van der Waals surface area (Å²) in [4.78, 5) is 35.9. The van der Waals surface area contributed by atoms with Crippen LogP contribution < -0.4 is 10.6 Å². The topological polar surface area (TPSA) is 105 Å². The van der Waals surface area contributed by atoms with Gasteiger partial charge in [-0.25, -0.2) is 13.6 Å². The molecule has 3 atom stereocenters. The third kappa shape index (κ3) is 5.03. The van der Waals surface area contributed by atoms with Crippen molar-refractivity contribution in [3.8, 4) is 11.1 Å². The minimum absolute atomic E-state index is 0.108. The van der Waals surface area contributed by atoms with Gasteiger partial charge in [0.25, 0.3) is 6.43 Å². The zero-order valence-electron chi connectivity index (χ0n) is 18.4. The van der Waals surface area contributed by atoms with Crippen LogP contribution in [0.2, 0.25) is 0 Å². The van der Waals surface area contributed by atoms with Crippen LogP contribution in [0, 0.1) is 5.92 Å². The number of aliphatic carboxylic acids is 1. The molecule has 0 spiro atoms. The second-order valence-electron chi connectivity index (χ2n) is 8.66. The molecule has 2 amide bonds. The van der Waals surface area contributed by atoms with Crippen LogP contribution >= 0.6 is 0 Å². The van der Waals surface area contributed by atoms with Crippen molar-refractivity contribution in [3.05, 3.63) is 59.7 Å². The fraction of sp³-hybridized carbons (Fsp3) is 0.400. The number of ether oxygens (including phenoxy) is 1. The maximum Gasteiger partial charge on any atom is 0.407 e. The molecule has 1 fully saturated rings. The summed E-state index contributed by atoms with van der Waals surface area (Å²) in [5, 5.41) is 13.6. The number of alkyl halides is 2. The number of rotatable bonds is 8. The van der Waals surface area contributed by atoms with Crippen molar-refractivity contribution < 1.29 is 33.0 Å². The zero-order valence-corrected chi connectivity index (χ0v) is 18.4. The first-order valence-electron chi connectivity index (χ1n) is 11.3. The van der Waals surface area contributed by atoms with E-state index in [1.54, 1.807) is 0 Å². The number of fused-ring (bicyclic) bond motifs is 3. The fourth-order valence-electron chi connectivity index (χ4n) is 4.92. The summed E-state index contributed by atoms with van der Waals surface area (Å²) < 4.78 is 31.7. The second kappa shape index (κ2) is 10.2. The number of hydrogen-bond donors (Lipinski definition) is 3. The van der Waals surface area contributed by atoms with E-state index < -0.39 is 48.8 Å². The fourth-order valence-corrected chi connectivity index (χ4v) is 4.92. The third-order valence-corrected chi connectivity index (χ3v) is 6.53. The van der Waals surface area contributed by atoms with Crippen molar-refractivity contribution in [2.75, 3.05) is 6.61 Å². The normalized spacial score (nSPS) is 19.9. The van der Waals surface area contributed by atoms with Gasteiger partial charge >= 0.3 is 12.1 Å². The Hall–Kier alpha value is -3.49. The highest BCUT2D eigenvalue weighted by molar-refractivity contribution is 5.82. The van der Waals surface area contributed by atoms with Gasteiger partial charge in [0.05, 0.1) is 12.3 Å². The van der Waals surface area contributed by atoms with E-state index in [1.807, 2.05) is 48.5 Å². The Morgan fingerprint density at radius 2 is 1.62 bits per heavy atom. The van der Waals surface area contributed by atoms with Crippen molar-refractivity contribution >= 4 is 18.0 Å². The van der Waals surface area contributed by atoms with Crippen LogP contribution in [0.1, 0.15) is 42.7 Å². The second-order valence-corrected chi connectivity index (χ2v) is 8.66. The number of carboxylic acids is 1. The van der Waals surface area contributed by atoms with Crippen molar-refractivity contribution in [2.24, 2.45) is 5.92 Å². The summed E-state index contributed by atoms with van der Waals surface area (Å²) in [5.74, 6) is -2.95. The highest BCUT2D eigenvalue weighted by Gasteiger charge is 2.37. The molecule has 0 aliphatic heterocycles. The summed E-state index contributed by atoms with van der Waals surface area (Å²) in [6.45, 7) is 0.121. The van der Waals surface area contributed by atoms with Gasteiger partial charge in [0.15, 0.2) is 0 Å². The van der Waals surface area contributed by atoms with Gasteiger partial charge in [0, 0.05) is 12.0 Å². The lowest BCUT2D eigenvalue weighted by Gasteiger charge is -2.23. The number of hydrogen-bond acceptors (Lipinski definition) is 4. The molecule has 4 rings (SSSR count). The number of amides is 2. The number of carbonyl (C=O) groups is 3. The molecule has 34 heavy (non-hydrogen) atoms. The first-order valence-corrected chi connectivity index (χ1v) is 11.3. The number of carbonyl (C=O) groups excluding carboxylic acids is 2. The summed E-state index contributed by atoms with van der Waals surface area (Å²) in [6, 6.07) is 13.6. The van der Waals surface area contributed by atoms with Gasteiger partial charge in [-0.15, -0.1) is 0 Å². The Labute approximate surface area is 195 Å². The molecule has 7 nitrogen and oxygen atoms in total.